The van der Waals surface area contributed by atoms with Gasteiger partial charge in [0, 0.05) is 19.6 Å². The summed E-state index contributed by atoms with van der Waals surface area (Å²) in [5, 5.41) is 0. The molecule has 1 atom stereocenters. The summed E-state index contributed by atoms with van der Waals surface area (Å²) in [6, 6.07) is -0.956. The van der Waals surface area contributed by atoms with Crippen LogP contribution in [0.5, 0.6) is 0 Å². The Morgan fingerprint density at radius 3 is 2.38 bits per heavy atom. The molecule has 122 valence electrons. The minimum atomic E-state index is -4.91. The second-order valence-electron chi connectivity index (χ2n) is 5.33. The zero-order valence-corrected chi connectivity index (χ0v) is 12.6. The number of alkyl halides is 3. The molecule has 7 heteroatoms. The molecule has 0 aliphatic carbocycles. The largest absolute Gasteiger partial charge is 0.471 e. The molecule has 1 aliphatic rings. The molecule has 0 aromatic rings. The summed E-state index contributed by atoms with van der Waals surface area (Å²) in [5.41, 5.74) is 0. The normalized spacial score (nSPS) is 18.9. The first kappa shape index (κ1) is 17.8. The Morgan fingerprint density at radius 2 is 1.86 bits per heavy atom. The zero-order chi connectivity index (χ0) is 16.0. The second kappa shape index (κ2) is 7.66. The molecule has 0 spiro atoms. The molecule has 4 nitrogen and oxygen atoms in total. The fraction of sp³-hybridized carbons (Fsp3) is 0.857. The van der Waals surface area contributed by atoms with Crippen LogP contribution >= 0.6 is 0 Å². The van der Waals surface area contributed by atoms with Gasteiger partial charge >= 0.3 is 12.1 Å². The van der Waals surface area contributed by atoms with E-state index in [-0.39, 0.29) is 12.5 Å². The minimum Gasteiger partial charge on any atom is -0.341 e. The molecule has 1 heterocycles. The molecule has 0 aromatic heterocycles. The van der Waals surface area contributed by atoms with Crippen LogP contribution in [-0.4, -0.2) is 53.5 Å². The molecule has 0 radical (unpaired) electrons. The van der Waals surface area contributed by atoms with Crippen LogP contribution in [0, 0.1) is 0 Å². The molecular weight excluding hydrogens is 285 g/mol. The van der Waals surface area contributed by atoms with E-state index in [9.17, 15) is 22.8 Å². The Hall–Kier alpha value is -1.27. The minimum absolute atomic E-state index is 0.00247. The third kappa shape index (κ3) is 4.61. The number of likely N-dealkylation sites (tertiary alicyclic amines) is 1. The van der Waals surface area contributed by atoms with Gasteiger partial charge in [-0.3, -0.25) is 9.59 Å². The van der Waals surface area contributed by atoms with Gasteiger partial charge in [-0.15, -0.1) is 0 Å². The number of halogens is 3. The first-order chi connectivity index (χ1) is 9.82. The highest BCUT2D eigenvalue weighted by Gasteiger charge is 2.48. The summed E-state index contributed by atoms with van der Waals surface area (Å²) in [7, 11) is 0. The number of unbranched alkanes of at least 4 members (excludes halogenated alkanes) is 1. The van der Waals surface area contributed by atoms with Crippen LogP contribution in [0.15, 0.2) is 0 Å². The first-order valence-electron chi connectivity index (χ1n) is 7.49. The van der Waals surface area contributed by atoms with Crippen molar-refractivity contribution in [3.8, 4) is 0 Å². The lowest BCUT2D eigenvalue weighted by atomic mass is 10.1. The zero-order valence-electron chi connectivity index (χ0n) is 12.6. The molecule has 0 bridgehead atoms. The molecular formula is C14H23F3N2O2. The van der Waals surface area contributed by atoms with E-state index < -0.39 is 18.1 Å². The maximum Gasteiger partial charge on any atom is 0.471 e. The Labute approximate surface area is 123 Å². The summed E-state index contributed by atoms with van der Waals surface area (Å²) in [5.74, 6) is -2.24. The highest BCUT2D eigenvalue weighted by molar-refractivity contribution is 5.90. The van der Waals surface area contributed by atoms with E-state index in [1.807, 2.05) is 13.8 Å². The van der Waals surface area contributed by atoms with Crippen molar-refractivity contribution in [2.24, 2.45) is 0 Å². The van der Waals surface area contributed by atoms with Gasteiger partial charge < -0.3 is 9.80 Å². The molecule has 21 heavy (non-hydrogen) atoms. The number of nitrogens with zero attached hydrogens (tertiary/aromatic N) is 2. The van der Waals surface area contributed by atoms with Crippen LogP contribution in [0.25, 0.3) is 0 Å². The number of hydrogen-bond acceptors (Lipinski definition) is 2. The van der Waals surface area contributed by atoms with Crippen LogP contribution in [-0.2, 0) is 9.59 Å². The highest BCUT2D eigenvalue weighted by Crippen LogP contribution is 2.26. The van der Waals surface area contributed by atoms with Gasteiger partial charge in [-0.1, -0.05) is 20.3 Å². The molecule has 2 amide bonds. The van der Waals surface area contributed by atoms with E-state index in [4.69, 9.17) is 0 Å². The van der Waals surface area contributed by atoms with Gasteiger partial charge in [0.25, 0.3) is 0 Å². The molecule has 1 saturated heterocycles. The van der Waals surface area contributed by atoms with Crippen LogP contribution in [0.3, 0.4) is 0 Å². The number of amides is 2. The Kier molecular flexibility index (Phi) is 6.48. The highest BCUT2D eigenvalue weighted by atomic mass is 19.4. The summed E-state index contributed by atoms with van der Waals surface area (Å²) in [6.45, 7) is 4.96. The second-order valence-corrected chi connectivity index (χ2v) is 5.33. The van der Waals surface area contributed by atoms with Crippen molar-refractivity contribution < 1.29 is 22.8 Å². The standard InChI is InChI=1S/C14H23F3N2O2/c1-3-5-9-18(8-4-2)12(20)11-7-6-10-19(11)13(21)14(15,16)17/h11H,3-10H2,1-2H3. The lowest BCUT2D eigenvalue weighted by molar-refractivity contribution is -0.187. The predicted octanol–water partition coefficient (Wildman–Crippen LogP) is 2.58. The smallest absolute Gasteiger partial charge is 0.341 e. The van der Waals surface area contributed by atoms with Gasteiger partial charge in [0.1, 0.15) is 6.04 Å². The SMILES string of the molecule is CCCCN(CCC)C(=O)C1CCCN1C(=O)C(F)(F)F. The van der Waals surface area contributed by atoms with Crippen molar-refractivity contribution in [3.05, 3.63) is 0 Å². The molecule has 1 rings (SSSR count). The third-order valence-electron chi connectivity index (χ3n) is 3.63. The van der Waals surface area contributed by atoms with Gasteiger partial charge in [-0.05, 0) is 25.7 Å². The molecule has 0 saturated carbocycles. The number of carbonyl (C=O) groups excluding carboxylic acids is 2. The third-order valence-corrected chi connectivity index (χ3v) is 3.63. The maximum atomic E-state index is 12.6. The number of rotatable bonds is 6. The fourth-order valence-corrected chi connectivity index (χ4v) is 2.59. The fourth-order valence-electron chi connectivity index (χ4n) is 2.59. The van der Waals surface area contributed by atoms with E-state index in [0.717, 1.165) is 19.3 Å². The first-order valence-corrected chi connectivity index (χ1v) is 7.49. The quantitative estimate of drug-likeness (QED) is 0.757. The topological polar surface area (TPSA) is 40.6 Å². The lowest BCUT2D eigenvalue weighted by Gasteiger charge is -2.30. The number of carbonyl (C=O) groups is 2. The lowest BCUT2D eigenvalue weighted by Crippen LogP contribution is -2.51. The van der Waals surface area contributed by atoms with Gasteiger partial charge in [0.15, 0.2) is 0 Å². The molecule has 0 N–H and O–H groups in total. The Morgan fingerprint density at radius 1 is 1.19 bits per heavy atom. The van der Waals surface area contributed by atoms with Crippen LogP contribution in [0.2, 0.25) is 0 Å². The van der Waals surface area contributed by atoms with Crippen LogP contribution in [0.4, 0.5) is 13.2 Å². The average molecular weight is 308 g/mol. The van der Waals surface area contributed by atoms with Gasteiger partial charge in [-0.2, -0.15) is 13.2 Å². The molecule has 0 aromatic carbocycles. The Balaban J connectivity index is 2.80. The summed E-state index contributed by atoms with van der Waals surface area (Å²) in [4.78, 5) is 26.1. The Bertz CT molecular complexity index is 372. The van der Waals surface area contributed by atoms with Gasteiger partial charge in [-0.25, -0.2) is 0 Å². The van der Waals surface area contributed by atoms with E-state index >= 15 is 0 Å². The van der Waals surface area contributed by atoms with Crippen LogP contribution in [0.1, 0.15) is 46.0 Å². The molecule has 1 aliphatic heterocycles. The van der Waals surface area contributed by atoms with Gasteiger partial charge in [0.2, 0.25) is 5.91 Å². The van der Waals surface area contributed by atoms with E-state index in [0.29, 0.717) is 30.8 Å². The van der Waals surface area contributed by atoms with E-state index in [1.54, 1.807) is 4.90 Å². The van der Waals surface area contributed by atoms with Crippen molar-refractivity contribution >= 4 is 11.8 Å². The van der Waals surface area contributed by atoms with Crippen molar-refractivity contribution in [2.45, 2.75) is 58.2 Å². The average Bonchev–Trinajstić information content (AvgIpc) is 2.89. The van der Waals surface area contributed by atoms with Crippen molar-refractivity contribution in [1.29, 1.82) is 0 Å². The monoisotopic (exact) mass is 308 g/mol. The van der Waals surface area contributed by atoms with Crippen LogP contribution < -0.4 is 0 Å². The summed E-state index contributed by atoms with van der Waals surface area (Å²) < 4.78 is 37.7. The predicted molar refractivity (Wildman–Crippen MR) is 72.6 cm³/mol. The van der Waals surface area contributed by atoms with Crippen molar-refractivity contribution in [2.75, 3.05) is 19.6 Å². The van der Waals surface area contributed by atoms with Crippen molar-refractivity contribution in [3.63, 3.8) is 0 Å². The van der Waals surface area contributed by atoms with Crippen molar-refractivity contribution in [1.82, 2.24) is 9.80 Å². The summed E-state index contributed by atoms with van der Waals surface area (Å²) in [6.07, 6.45) is -1.70. The number of hydrogen-bond donors (Lipinski definition) is 0. The van der Waals surface area contributed by atoms with Gasteiger partial charge in [0.05, 0.1) is 0 Å². The summed E-state index contributed by atoms with van der Waals surface area (Å²) >= 11 is 0. The van der Waals surface area contributed by atoms with E-state index in [1.165, 1.54) is 0 Å². The molecule has 1 fully saturated rings. The van der Waals surface area contributed by atoms with E-state index in [2.05, 4.69) is 0 Å². The maximum absolute atomic E-state index is 12.6. The molecule has 1 unspecified atom stereocenters.